The standard InChI is InChI=1S/C19H23N3O3S/c1-3-22(17-10-12-26(24,25)14-17)19(23)18-13-16(9-11-20-18)21(2)15-7-5-4-6-8-15/h4-9,11,13,17H,3,10,12,14H2,1-2H3. The number of pyridine rings is 1. The van der Waals surface area contributed by atoms with E-state index >= 15 is 0 Å². The number of hydrogen-bond acceptors (Lipinski definition) is 5. The molecule has 3 rings (SSSR count). The van der Waals surface area contributed by atoms with Crippen LogP contribution in [-0.4, -0.2) is 55.3 Å². The van der Waals surface area contributed by atoms with Gasteiger partial charge in [0.2, 0.25) is 0 Å². The average molecular weight is 373 g/mol. The highest BCUT2D eigenvalue weighted by molar-refractivity contribution is 7.91. The van der Waals surface area contributed by atoms with E-state index in [0.29, 0.717) is 18.7 Å². The first kappa shape index (κ1) is 18.4. The summed E-state index contributed by atoms with van der Waals surface area (Å²) in [5, 5.41) is 0. The summed E-state index contributed by atoms with van der Waals surface area (Å²) in [6.07, 6.45) is 2.10. The zero-order valence-corrected chi connectivity index (χ0v) is 15.8. The molecule has 0 saturated carbocycles. The summed E-state index contributed by atoms with van der Waals surface area (Å²) in [5.41, 5.74) is 2.19. The monoisotopic (exact) mass is 373 g/mol. The quantitative estimate of drug-likeness (QED) is 0.805. The summed E-state index contributed by atoms with van der Waals surface area (Å²) >= 11 is 0. The van der Waals surface area contributed by atoms with Gasteiger partial charge in [-0.05, 0) is 37.6 Å². The minimum atomic E-state index is -3.05. The van der Waals surface area contributed by atoms with E-state index in [0.717, 1.165) is 11.4 Å². The topological polar surface area (TPSA) is 70.6 Å². The summed E-state index contributed by atoms with van der Waals surface area (Å²) in [5.74, 6) is -0.0418. The van der Waals surface area contributed by atoms with Gasteiger partial charge in [-0.15, -0.1) is 0 Å². The summed E-state index contributed by atoms with van der Waals surface area (Å²) in [7, 11) is -1.12. The van der Waals surface area contributed by atoms with Crippen LogP contribution in [0.25, 0.3) is 0 Å². The molecule has 1 aromatic heterocycles. The molecular formula is C19H23N3O3S. The molecule has 0 aliphatic carbocycles. The molecule has 26 heavy (non-hydrogen) atoms. The highest BCUT2D eigenvalue weighted by Gasteiger charge is 2.34. The summed E-state index contributed by atoms with van der Waals surface area (Å²) < 4.78 is 23.5. The lowest BCUT2D eigenvalue weighted by atomic mass is 10.2. The summed E-state index contributed by atoms with van der Waals surface area (Å²) in [6, 6.07) is 13.2. The van der Waals surface area contributed by atoms with E-state index in [1.54, 1.807) is 17.2 Å². The molecule has 0 radical (unpaired) electrons. The largest absolute Gasteiger partial charge is 0.345 e. The van der Waals surface area contributed by atoms with Gasteiger partial charge in [0, 0.05) is 37.2 Å². The lowest BCUT2D eigenvalue weighted by molar-refractivity contribution is 0.0702. The van der Waals surface area contributed by atoms with E-state index in [4.69, 9.17) is 0 Å². The second-order valence-corrected chi connectivity index (χ2v) is 8.67. The van der Waals surface area contributed by atoms with Crippen LogP contribution in [-0.2, 0) is 9.84 Å². The third-order valence-corrected chi connectivity index (χ3v) is 6.49. The third-order valence-electron chi connectivity index (χ3n) is 4.74. The summed E-state index contributed by atoms with van der Waals surface area (Å²) in [6.45, 7) is 2.32. The average Bonchev–Trinajstić information content (AvgIpc) is 3.02. The van der Waals surface area contributed by atoms with Crippen molar-refractivity contribution in [2.75, 3.05) is 30.0 Å². The van der Waals surface area contributed by atoms with Crippen LogP contribution in [0, 0.1) is 0 Å². The molecule has 6 nitrogen and oxygen atoms in total. The van der Waals surface area contributed by atoms with Gasteiger partial charge in [0.05, 0.1) is 11.5 Å². The van der Waals surface area contributed by atoms with Crippen LogP contribution < -0.4 is 4.90 Å². The second-order valence-electron chi connectivity index (χ2n) is 6.44. The lowest BCUT2D eigenvalue weighted by Crippen LogP contribution is -2.41. The second kappa shape index (κ2) is 7.45. The molecule has 7 heteroatoms. The number of amides is 1. The SMILES string of the molecule is CCN(C(=O)c1cc(N(C)c2ccccc2)ccn1)C1CCS(=O)(=O)C1. The van der Waals surface area contributed by atoms with Crippen LogP contribution in [0.2, 0.25) is 0 Å². The van der Waals surface area contributed by atoms with Crippen LogP contribution in [0.5, 0.6) is 0 Å². The molecule has 1 aliphatic heterocycles. The van der Waals surface area contributed by atoms with Gasteiger partial charge >= 0.3 is 0 Å². The smallest absolute Gasteiger partial charge is 0.272 e. The molecule has 0 spiro atoms. The first-order valence-corrected chi connectivity index (χ1v) is 10.5. The Hall–Kier alpha value is -2.41. The van der Waals surface area contributed by atoms with Crippen molar-refractivity contribution in [2.24, 2.45) is 0 Å². The Balaban J connectivity index is 1.83. The minimum Gasteiger partial charge on any atom is -0.345 e. The fourth-order valence-electron chi connectivity index (χ4n) is 3.28. The molecule has 138 valence electrons. The fourth-order valence-corrected chi connectivity index (χ4v) is 5.01. The molecule has 1 atom stereocenters. The van der Waals surface area contributed by atoms with Gasteiger partial charge < -0.3 is 9.80 Å². The van der Waals surface area contributed by atoms with E-state index in [1.807, 2.05) is 55.3 Å². The Morgan fingerprint density at radius 3 is 2.54 bits per heavy atom. The van der Waals surface area contributed by atoms with Crippen molar-refractivity contribution in [3.8, 4) is 0 Å². The van der Waals surface area contributed by atoms with E-state index in [-0.39, 0.29) is 23.5 Å². The molecule has 1 unspecified atom stereocenters. The van der Waals surface area contributed by atoms with E-state index in [9.17, 15) is 13.2 Å². The van der Waals surface area contributed by atoms with Crippen molar-refractivity contribution in [3.05, 3.63) is 54.4 Å². The molecule has 1 fully saturated rings. The van der Waals surface area contributed by atoms with Gasteiger partial charge in [0.25, 0.3) is 5.91 Å². The first-order chi connectivity index (χ1) is 12.4. The molecule has 1 amide bonds. The lowest BCUT2D eigenvalue weighted by Gasteiger charge is -2.27. The summed E-state index contributed by atoms with van der Waals surface area (Å²) in [4.78, 5) is 20.8. The van der Waals surface area contributed by atoms with Crippen molar-refractivity contribution in [1.29, 1.82) is 0 Å². The first-order valence-electron chi connectivity index (χ1n) is 8.67. The van der Waals surface area contributed by atoms with Crippen LogP contribution in [0.3, 0.4) is 0 Å². The molecule has 2 aromatic rings. The van der Waals surface area contributed by atoms with Crippen molar-refractivity contribution in [3.63, 3.8) is 0 Å². The minimum absolute atomic E-state index is 0.0379. The zero-order chi connectivity index (χ0) is 18.7. The van der Waals surface area contributed by atoms with E-state index in [1.165, 1.54) is 0 Å². The number of para-hydroxylation sites is 1. The highest BCUT2D eigenvalue weighted by atomic mass is 32.2. The molecule has 1 aromatic carbocycles. The Labute approximate surface area is 154 Å². The predicted molar refractivity (Wildman–Crippen MR) is 103 cm³/mol. The number of anilines is 2. The maximum absolute atomic E-state index is 12.9. The van der Waals surface area contributed by atoms with Crippen LogP contribution in [0.1, 0.15) is 23.8 Å². The predicted octanol–water partition coefficient (Wildman–Crippen LogP) is 2.50. The number of carbonyl (C=O) groups is 1. The Morgan fingerprint density at radius 2 is 1.92 bits per heavy atom. The molecule has 0 bridgehead atoms. The zero-order valence-electron chi connectivity index (χ0n) is 15.0. The molecule has 2 heterocycles. The number of aromatic nitrogens is 1. The number of nitrogens with zero attached hydrogens (tertiary/aromatic N) is 3. The normalized spacial score (nSPS) is 18.5. The van der Waals surface area contributed by atoms with Crippen LogP contribution in [0.4, 0.5) is 11.4 Å². The maximum Gasteiger partial charge on any atom is 0.272 e. The van der Waals surface area contributed by atoms with E-state index in [2.05, 4.69) is 4.98 Å². The number of benzene rings is 1. The number of sulfone groups is 1. The van der Waals surface area contributed by atoms with Gasteiger partial charge in [-0.3, -0.25) is 9.78 Å². The third kappa shape index (κ3) is 3.88. The number of hydrogen-bond donors (Lipinski definition) is 0. The molecule has 1 saturated heterocycles. The van der Waals surface area contributed by atoms with Crippen molar-refractivity contribution < 1.29 is 13.2 Å². The van der Waals surface area contributed by atoms with Crippen molar-refractivity contribution in [1.82, 2.24) is 9.88 Å². The molecule has 1 aliphatic rings. The van der Waals surface area contributed by atoms with Gasteiger partial charge in [-0.2, -0.15) is 0 Å². The van der Waals surface area contributed by atoms with Crippen molar-refractivity contribution in [2.45, 2.75) is 19.4 Å². The fraction of sp³-hybridized carbons (Fsp3) is 0.368. The highest BCUT2D eigenvalue weighted by Crippen LogP contribution is 2.25. The van der Waals surface area contributed by atoms with Crippen LogP contribution in [0.15, 0.2) is 48.7 Å². The van der Waals surface area contributed by atoms with Crippen LogP contribution >= 0.6 is 0 Å². The van der Waals surface area contributed by atoms with E-state index < -0.39 is 9.84 Å². The Kier molecular flexibility index (Phi) is 5.27. The number of carbonyl (C=O) groups excluding carboxylic acids is 1. The van der Waals surface area contributed by atoms with Gasteiger partial charge in [0.1, 0.15) is 5.69 Å². The Morgan fingerprint density at radius 1 is 1.19 bits per heavy atom. The van der Waals surface area contributed by atoms with Gasteiger partial charge in [-0.1, -0.05) is 18.2 Å². The molecule has 0 N–H and O–H groups in total. The molecular weight excluding hydrogens is 350 g/mol. The number of rotatable bonds is 5. The Bertz CT molecular complexity index is 884. The van der Waals surface area contributed by atoms with Gasteiger partial charge in [-0.25, -0.2) is 8.42 Å². The van der Waals surface area contributed by atoms with Gasteiger partial charge in [0.15, 0.2) is 9.84 Å². The maximum atomic E-state index is 12.9. The van der Waals surface area contributed by atoms with Crippen molar-refractivity contribution >= 4 is 27.1 Å².